The van der Waals surface area contributed by atoms with E-state index in [1.54, 1.807) is 13.3 Å². The molecule has 26 nitrogen and oxygen atoms in total. The fourth-order valence-electron chi connectivity index (χ4n) is 11.3. The number of carbonyl (C=O) groups is 2. The van der Waals surface area contributed by atoms with Crippen LogP contribution >= 0.6 is 14.7 Å². The summed E-state index contributed by atoms with van der Waals surface area (Å²) in [4.78, 5) is 44.3. The first-order valence-corrected chi connectivity index (χ1v) is 41.4. The number of hydrogen-bond donors (Lipinski definition) is 6. The number of rotatable bonds is 31. The van der Waals surface area contributed by atoms with E-state index in [0.29, 0.717) is 25.4 Å². The van der Waals surface area contributed by atoms with Crippen LogP contribution in [0.5, 0.6) is 23.0 Å². The molecule has 2 amide bonds. The number of aliphatic hydroxyl groups excluding tert-OH is 2. The lowest BCUT2D eigenvalue weighted by Crippen LogP contribution is -2.51. The molecule has 4 saturated heterocycles. The lowest BCUT2D eigenvalue weighted by molar-refractivity contribution is -0.0909. The van der Waals surface area contributed by atoms with Gasteiger partial charge < -0.3 is 82.6 Å². The van der Waals surface area contributed by atoms with Crippen LogP contribution in [0.2, 0.25) is 0 Å². The van der Waals surface area contributed by atoms with Gasteiger partial charge >= 0.3 is 19.8 Å². The number of hydrogen-bond acceptors (Lipinski definition) is 20. The molecule has 6 N–H and O–H groups in total. The second kappa shape index (κ2) is 44.2. The smallest absolute Gasteiger partial charge is 0.407 e. The maximum atomic E-state index is 14.0. The van der Waals surface area contributed by atoms with Crippen molar-refractivity contribution < 1.29 is 103 Å². The predicted octanol–water partition coefficient (Wildman–Crippen LogP) is 11.6. The van der Waals surface area contributed by atoms with Gasteiger partial charge in [0.05, 0.1) is 86.6 Å². The van der Waals surface area contributed by atoms with Crippen molar-refractivity contribution in [2.24, 2.45) is 23.7 Å². The number of benzene rings is 5. The standard InChI is InChI=1S/C31H45N2O10PS.C29H41N2O12PS.C8H10.C3H8.3CH4/c1-21(2)17-33(45(37,38)23-11-12-27(39-3)28(16-23)42-20-44(4,5)36)18-26(34)25(15-22-9-7-6-8-10-22)32-31(35)43-29-19-41-30-24(29)13-14-40-30;1-19(2)15-31(45(37,38)21-9-10-25(39-3)26(14-21)42-18-44(34,35)36)16-24(32)23(13-20-7-5-4-6-8-20)30-29(33)43-27-17-41-28-22(27)11-12-40-28;1-2-8-6-4-3-5-7-8;1-3-2;;;/h6-12,16,21,24-26,29-30,34H,13-15,17-20H2,1-5H3,(H,32,35);4-10,14,19,22-24,27-28,32H,11-13,15-18H2,1-3H3,(H,30,33)(H2,34,35,36);3-7H,2H2,1H3;3H2,1-2H3;3*1H4/t24-,25-,26+,29-,30+;22-,23-,24+,27-,28+;;;;;/m00...../s1. The average molecular weight is 1540 g/mol. The van der Waals surface area contributed by atoms with Crippen LogP contribution in [0.15, 0.2) is 137 Å². The van der Waals surface area contributed by atoms with Gasteiger partial charge in [0.2, 0.25) is 20.0 Å². The van der Waals surface area contributed by atoms with Crippen molar-refractivity contribution in [1.82, 2.24) is 19.2 Å². The molecule has 5 aromatic carbocycles. The summed E-state index contributed by atoms with van der Waals surface area (Å²) in [5.41, 5.74) is 3.05. The minimum Gasteiger partial charge on any atom is -0.493 e. The van der Waals surface area contributed by atoms with Crippen molar-refractivity contribution in [3.8, 4) is 23.0 Å². The average Bonchev–Trinajstić information content (AvgIpc) is 1.44. The molecule has 30 heteroatoms. The maximum Gasteiger partial charge on any atom is 0.407 e. The Bertz CT molecular complexity index is 3450. The van der Waals surface area contributed by atoms with Gasteiger partial charge in [-0.3, -0.25) is 4.57 Å². The number of sulfonamides is 2. The van der Waals surface area contributed by atoms with E-state index < -0.39 is 96.1 Å². The third-order valence-corrected chi connectivity index (χ3v) is 21.1. The molecule has 9 rings (SSSR count). The predicted molar refractivity (Wildman–Crippen MR) is 402 cm³/mol. The van der Waals surface area contributed by atoms with E-state index in [2.05, 4.69) is 55.7 Å². The third kappa shape index (κ3) is 29.2. The lowest BCUT2D eigenvalue weighted by Gasteiger charge is -2.31. The molecule has 0 unspecified atom stereocenters. The van der Waals surface area contributed by atoms with E-state index in [4.69, 9.17) is 47.4 Å². The molecular weight excluding hydrogens is 1420 g/mol. The highest BCUT2D eigenvalue weighted by Gasteiger charge is 2.46. The Balaban J connectivity index is 0.000000459. The summed E-state index contributed by atoms with van der Waals surface area (Å²) in [6.45, 7) is 17.8. The summed E-state index contributed by atoms with van der Waals surface area (Å²) < 4.78 is 137. The minimum atomic E-state index is -4.57. The molecule has 4 fully saturated rings. The number of carbonyl (C=O) groups excluding carboxylic acids is 2. The number of nitrogens with zero attached hydrogens (tertiary/aromatic N) is 2. The summed E-state index contributed by atoms with van der Waals surface area (Å²) in [5.74, 6) is -0.0292. The molecule has 0 bridgehead atoms. The van der Waals surface area contributed by atoms with Gasteiger partial charge in [-0.2, -0.15) is 8.61 Å². The van der Waals surface area contributed by atoms with Gasteiger partial charge in [-0.1, -0.05) is 168 Å². The zero-order valence-electron chi connectivity index (χ0n) is 59.6. The topological polar surface area (TPSA) is 340 Å². The number of aryl methyl sites for hydroxylation is 1. The monoisotopic (exact) mass is 1540 g/mol. The normalized spacial score (nSPS) is 19.4. The Hall–Kier alpha value is -6.20. The van der Waals surface area contributed by atoms with E-state index in [0.717, 1.165) is 34.3 Å². The zero-order chi connectivity index (χ0) is 74.1. The largest absolute Gasteiger partial charge is 0.493 e. The Morgan fingerprint density at radius 3 is 1.21 bits per heavy atom. The van der Waals surface area contributed by atoms with Crippen LogP contribution in [0.3, 0.4) is 0 Å². The highest BCUT2D eigenvalue weighted by molar-refractivity contribution is 7.89. The van der Waals surface area contributed by atoms with Gasteiger partial charge in [-0.25, -0.2) is 26.4 Å². The highest BCUT2D eigenvalue weighted by atomic mass is 32.2. The number of amides is 2. The third-order valence-electron chi connectivity index (χ3n) is 16.3. The number of aliphatic hydroxyl groups is 2. The summed E-state index contributed by atoms with van der Waals surface area (Å²) in [5, 5.41) is 28.5. The second-order valence-corrected chi connectivity index (χ2v) is 35.2. The van der Waals surface area contributed by atoms with Gasteiger partial charge in [0.1, 0.15) is 25.7 Å². The molecule has 5 aromatic rings. The molecule has 104 heavy (non-hydrogen) atoms. The fourth-order valence-corrected chi connectivity index (χ4v) is 15.4. The SMILES string of the molecule is C.C.C.CCC.CCc1ccccc1.COc1ccc(S(=O)(=O)N(CC(C)C)C[C@@H](O)[C@H](Cc2ccccc2)NC(=O)O[C@H]2CO[C@H]3OCC[C@H]32)cc1OCP(=O)(O)O.COc1ccc(S(=O)(=O)N(CC(C)C)C[C@@H](O)[C@H](Cc2ccccc2)NC(=O)O[C@H]2CO[C@H]3OCC[C@H]32)cc1OCP(C)(C)=O. The van der Waals surface area contributed by atoms with E-state index in [1.807, 2.05) is 94.4 Å². The van der Waals surface area contributed by atoms with Gasteiger partial charge in [-0.15, -0.1) is 0 Å². The molecular formula is C74H116N4O22P2S2. The molecule has 586 valence electrons. The fraction of sp³-hybridized carbons (Fsp3) is 0.568. The van der Waals surface area contributed by atoms with Crippen molar-refractivity contribution in [2.75, 3.05) is 92.9 Å². The Morgan fingerprint density at radius 1 is 0.538 bits per heavy atom. The number of ether oxygens (including phenoxy) is 10. The summed E-state index contributed by atoms with van der Waals surface area (Å²) in [7, 11) is -12.9. The lowest BCUT2D eigenvalue weighted by atomic mass is 10.0. The van der Waals surface area contributed by atoms with Crippen LogP contribution in [0.1, 0.15) is 107 Å². The quantitative estimate of drug-likeness (QED) is 0.0224. The molecule has 0 aromatic heterocycles. The molecule has 4 aliphatic rings. The zero-order valence-corrected chi connectivity index (χ0v) is 63.0. The van der Waals surface area contributed by atoms with E-state index in [-0.39, 0.29) is 138 Å². The van der Waals surface area contributed by atoms with Crippen molar-refractivity contribution in [3.63, 3.8) is 0 Å². The molecule has 0 saturated carbocycles. The summed E-state index contributed by atoms with van der Waals surface area (Å²) >= 11 is 0. The molecule has 0 radical (unpaired) electrons. The number of nitrogens with one attached hydrogen (secondary N) is 2. The van der Waals surface area contributed by atoms with Crippen molar-refractivity contribution in [1.29, 1.82) is 0 Å². The first kappa shape index (κ1) is 92.0. The van der Waals surface area contributed by atoms with E-state index in [1.165, 1.54) is 60.8 Å². The minimum absolute atomic E-state index is 0. The van der Waals surface area contributed by atoms with Crippen LogP contribution in [-0.4, -0.2) is 200 Å². The van der Waals surface area contributed by atoms with Crippen molar-refractivity contribution >= 4 is 47.0 Å². The van der Waals surface area contributed by atoms with Gasteiger partial charge in [-0.05, 0) is 98.2 Å². The van der Waals surface area contributed by atoms with Crippen LogP contribution in [0.4, 0.5) is 9.59 Å². The second-order valence-electron chi connectivity index (χ2n) is 26.3. The molecule has 4 aliphatic heterocycles. The molecule has 0 aliphatic carbocycles. The van der Waals surface area contributed by atoms with Crippen LogP contribution < -0.4 is 29.6 Å². The Morgan fingerprint density at radius 2 is 0.894 bits per heavy atom. The molecule has 4 heterocycles. The first-order chi connectivity index (χ1) is 47.9. The van der Waals surface area contributed by atoms with Gasteiger partial charge in [0.15, 0.2) is 41.9 Å². The summed E-state index contributed by atoms with van der Waals surface area (Å²) in [6, 6.07) is 35.0. The highest BCUT2D eigenvalue weighted by Crippen LogP contribution is 2.41. The Kier molecular flexibility index (Phi) is 39.1. The van der Waals surface area contributed by atoms with Gasteiger partial charge in [0.25, 0.3) is 0 Å². The first-order valence-electron chi connectivity index (χ1n) is 34.0. The molecule has 10 atom stereocenters. The van der Waals surface area contributed by atoms with Crippen LogP contribution in [0.25, 0.3) is 0 Å². The van der Waals surface area contributed by atoms with Crippen LogP contribution in [-0.2, 0) is 76.9 Å². The van der Waals surface area contributed by atoms with Crippen molar-refractivity contribution in [2.45, 2.75) is 168 Å². The van der Waals surface area contributed by atoms with E-state index >= 15 is 0 Å². The van der Waals surface area contributed by atoms with Crippen molar-refractivity contribution in [3.05, 3.63) is 144 Å². The van der Waals surface area contributed by atoms with Gasteiger partial charge in [0, 0.05) is 38.3 Å². The van der Waals surface area contributed by atoms with E-state index in [9.17, 15) is 55.6 Å². The number of alkyl carbamates (subject to hydrolysis) is 2. The maximum absolute atomic E-state index is 14.0. The number of methoxy groups -OCH3 is 2. The Labute approximate surface area is 617 Å². The van der Waals surface area contributed by atoms with Crippen LogP contribution in [0, 0.1) is 23.7 Å². The summed E-state index contributed by atoms with van der Waals surface area (Å²) in [6.07, 6.45) is -2.80. The molecule has 0 spiro atoms. The number of fused-ring (bicyclic) bond motifs is 2.